The van der Waals surface area contributed by atoms with Gasteiger partial charge in [-0.25, -0.2) is 0 Å². The van der Waals surface area contributed by atoms with Crippen LogP contribution in [0.25, 0.3) is 0 Å². The van der Waals surface area contributed by atoms with E-state index in [2.05, 4.69) is 11.4 Å². The first-order chi connectivity index (χ1) is 11.7. The van der Waals surface area contributed by atoms with E-state index >= 15 is 0 Å². The van der Waals surface area contributed by atoms with Crippen LogP contribution in [0.2, 0.25) is 0 Å². The van der Waals surface area contributed by atoms with Crippen LogP contribution >= 0.6 is 0 Å². The van der Waals surface area contributed by atoms with Gasteiger partial charge in [-0.1, -0.05) is 48.5 Å². The third-order valence-electron chi connectivity index (χ3n) is 4.98. The van der Waals surface area contributed by atoms with Crippen molar-refractivity contribution in [2.24, 2.45) is 0 Å². The SMILES string of the molecule is O=C(C[C@@H]1OCCc2ccccc21)N[C@H]1c2ccccc2C[C@@H]1O. The Morgan fingerprint density at radius 3 is 2.62 bits per heavy atom. The average Bonchev–Trinajstić information content (AvgIpc) is 2.91. The number of ether oxygens (including phenoxy) is 1. The maximum Gasteiger partial charge on any atom is 0.223 e. The van der Waals surface area contributed by atoms with E-state index < -0.39 is 6.10 Å². The maximum atomic E-state index is 12.5. The Hall–Kier alpha value is -2.17. The van der Waals surface area contributed by atoms with E-state index in [1.165, 1.54) is 5.56 Å². The molecule has 0 radical (unpaired) electrons. The zero-order chi connectivity index (χ0) is 16.5. The minimum absolute atomic E-state index is 0.0857. The lowest BCUT2D eigenvalue weighted by atomic mass is 9.95. The fourth-order valence-electron chi connectivity index (χ4n) is 3.79. The fraction of sp³-hybridized carbons (Fsp3) is 0.350. The molecule has 1 aliphatic carbocycles. The number of amides is 1. The Morgan fingerprint density at radius 2 is 1.79 bits per heavy atom. The summed E-state index contributed by atoms with van der Waals surface area (Å²) in [6, 6.07) is 15.7. The molecule has 0 unspecified atom stereocenters. The van der Waals surface area contributed by atoms with Crippen LogP contribution in [0.15, 0.2) is 48.5 Å². The van der Waals surface area contributed by atoms with E-state index in [0.29, 0.717) is 13.0 Å². The summed E-state index contributed by atoms with van der Waals surface area (Å²) in [6.45, 7) is 0.643. The number of hydrogen-bond donors (Lipinski definition) is 2. The summed E-state index contributed by atoms with van der Waals surface area (Å²) < 4.78 is 5.81. The molecule has 24 heavy (non-hydrogen) atoms. The third kappa shape index (κ3) is 2.83. The third-order valence-corrected chi connectivity index (χ3v) is 4.98. The second-order valence-electron chi connectivity index (χ2n) is 6.53. The van der Waals surface area contributed by atoms with Gasteiger partial charge in [0.2, 0.25) is 5.91 Å². The first kappa shape index (κ1) is 15.4. The summed E-state index contributed by atoms with van der Waals surface area (Å²) in [5.74, 6) is -0.0857. The molecule has 0 aromatic heterocycles. The molecule has 3 atom stereocenters. The molecule has 2 aromatic carbocycles. The second kappa shape index (κ2) is 6.38. The molecule has 0 bridgehead atoms. The van der Waals surface area contributed by atoms with Crippen molar-refractivity contribution < 1.29 is 14.6 Å². The molecule has 2 N–H and O–H groups in total. The Morgan fingerprint density at radius 1 is 1.08 bits per heavy atom. The number of aliphatic hydroxyl groups is 1. The van der Waals surface area contributed by atoms with Gasteiger partial charge in [-0.2, -0.15) is 0 Å². The summed E-state index contributed by atoms with van der Waals surface area (Å²) in [5.41, 5.74) is 4.48. The van der Waals surface area contributed by atoms with Gasteiger partial charge in [-0.05, 0) is 28.7 Å². The summed E-state index contributed by atoms with van der Waals surface area (Å²) in [6.07, 6.45) is 0.990. The van der Waals surface area contributed by atoms with Crippen LogP contribution < -0.4 is 5.32 Å². The first-order valence-electron chi connectivity index (χ1n) is 8.47. The molecule has 0 saturated carbocycles. The van der Waals surface area contributed by atoms with E-state index in [4.69, 9.17) is 4.74 Å². The number of fused-ring (bicyclic) bond motifs is 2. The van der Waals surface area contributed by atoms with Crippen LogP contribution in [0, 0.1) is 0 Å². The molecule has 1 amide bonds. The predicted octanol–water partition coefficient (Wildman–Crippen LogP) is 2.47. The van der Waals surface area contributed by atoms with Crippen molar-refractivity contribution in [2.45, 2.75) is 37.5 Å². The number of hydrogen-bond acceptors (Lipinski definition) is 3. The largest absolute Gasteiger partial charge is 0.390 e. The number of benzene rings is 2. The fourth-order valence-corrected chi connectivity index (χ4v) is 3.79. The van der Waals surface area contributed by atoms with Crippen LogP contribution in [-0.2, 0) is 22.4 Å². The summed E-state index contributed by atoms with van der Waals surface area (Å²) in [4.78, 5) is 12.5. The molecule has 0 spiro atoms. The predicted molar refractivity (Wildman–Crippen MR) is 90.5 cm³/mol. The summed E-state index contributed by atoms with van der Waals surface area (Å²) in [7, 11) is 0. The minimum atomic E-state index is -0.564. The van der Waals surface area contributed by atoms with Gasteiger partial charge in [0.25, 0.3) is 0 Å². The Bertz CT molecular complexity index is 758. The molecule has 2 aliphatic rings. The highest BCUT2D eigenvalue weighted by Crippen LogP contribution is 2.33. The second-order valence-corrected chi connectivity index (χ2v) is 6.53. The highest BCUT2D eigenvalue weighted by Gasteiger charge is 2.32. The van der Waals surface area contributed by atoms with E-state index in [-0.39, 0.29) is 24.5 Å². The molecule has 124 valence electrons. The number of rotatable bonds is 3. The minimum Gasteiger partial charge on any atom is -0.390 e. The monoisotopic (exact) mass is 323 g/mol. The Labute approximate surface area is 141 Å². The molecule has 0 fully saturated rings. The Balaban J connectivity index is 1.47. The van der Waals surface area contributed by atoms with Gasteiger partial charge in [-0.3, -0.25) is 4.79 Å². The Kier molecular flexibility index (Phi) is 4.08. The van der Waals surface area contributed by atoms with Gasteiger partial charge in [0, 0.05) is 6.42 Å². The molecular formula is C20H21NO3. The van der Waals surface area contributed by atoms with Crippen molar-refractivity contribution in [1.82, 2.24) is 5.32 Å². The van der Waals surface area contributed by atoms with Gasteiger partial charge >= 0.3 is 0 Å². The molecule has 4 rings (SSSR count). The number of carbonyl (C=O) groups is 1. The molecule has 4 nitrogen and oxygen atoms in total. The summed E-state index contributed by atoms with van der Waals surface area (Å²) in [5, 5.41) is 13.3. The van der Waals surface area contributed by atoms with Crippen molar-refractivity contribution in [2.75, 3.05) is 6.61 Å². The molecule has 0 saturated heterocycles. The van der Waals surface area contributed by atoms with Crippen LogP contribution in [0.5, 0.6) is 0 Å². The van der Waals surface area contributed by atoms with E-state index in [0.717, 1.165) is 23.1 Å². The zero-order valence-corrected chi connectivity index (χ0v) is 13.4. The van der Waals surface area contributed by atoms with Crippen molar-refractivity contribution in [3.63, 3.8) is 0 Å². The van der Waals surface area contributed by atoms with Crippen molar-refractivity contribution >= 4 is 5.91 Å². The molecule has 1 aliphatic heterocycles. The number of nitrogens with one attached hydrogen (secondary N) is 1. The lowest BCUT2D eigenvalue weighted by Crippen LogP contribution is -2.35. The van der Waals surface area contributed by atoms with Gasteiger partial charge in [0.15, 0.2) is 0 Å². The van der Waals surface area contributed by atoms with Gasteiger partial charge in [0.1, 0.15) is 0 Å². The lowest BCUT2D eigenvalue weighted by molar-refractivity contribution is -0.126. The molecule has 1 heterocycles. The van der Waals surface area contributed by atoms with Crippen molar-refractivity contribution in [1.29, 1.82) is 0 Å². The average molecular weight is 323 g/mol. The lowest BCUT2D eigenvalue weighted by Gasteiger charge is -2.26. The van der Waals surface area contributed by atoms with Crippen LogP contribution in [0.4, 0.5) is 0 Å². The van der Waals surface area contributed by atoms with E-state index in [1.807, 2.05) is 42.5 Å². The highest BCUT2D eigenvalue weighted by atomic mass is 16.5. The van der Waals surface area contributed by atoms with Gasteiger partial charge in [-0.15, -0.1) is 0 Å². The van der Waals surface area contributed by atoms with Gasteiger partial charge in [0.05, 0.1) is 31.3 Å². The topological polar surface area (TPSA) is 58.6 Å². The first-order valence-corrected chi connectivity index (χ1v) is 8.47. The normalized spacial score (nSPS) is 25.0. The molecular weight excluding hydrogens is 302 g/mol. The van der Waals surface area contributed by atoms with Crippen LogP contribution in [-0.4, -0.2) is 23.7 Å². The van der Waals surface area contributed by atoms with Crippen LogP contribution in [0.1, 0.15) is 40.8 Å². The van der Waals surface area contributed by atoms with Crippen LogP contribution in [0.3, 0.4) is 0 Å². The maximum absolute atomic E-state index is 12.5. The molecule has 4 heteroatoms. The molecule has 2 aromatic rings. The highest BCUT2D eigenvalue weighted by molar-refractivity contribution is 5.77. The van der Waals surface area contributed by atoms with Crippen molar-refractivity contribution in [3.8, 4) is 0 Å². The smallest absolute Gasteiger partial charge is 0.223 e. The van der Waals surface area contributed by atoms with E-state index in [9.17, 15) is 9.90 Å². The number of aliphatic hydroxyl groups excluding tert-OH is 1. The zero-order valence-electron chi connectivity index (χ0n) is 13.4. The summed E-state index contributed by atoms with van der Waals surface area (Å²) >= 11 is 0. The van der Waals surface area contributed by atoms with E-state index in [1.54, 1.807) is 0 Å². The standard InChI is InChI=1S/C20H21NO3/c22-17-11-14-6-2-4-8-16(14)20(17)21-19(23)12-18-15-7-3-1-5-13(15)9-10-24-18/h1-8,17-18,20,22H,9-12H2,(H,21,23)/t17-,18-,20-/m0/s1. The van der Waals surface area contributed by atoms with Crippen molar-refractivity contribution in [3.05, 3.63) is 70.8 Å². The number of carbonyl (C=O) groups excluding carboxylic acids is 1. The van der Waals surface area contributed by atoms with Gasteiger partial charge < -0.3 is 15.2 Å². The quantitative estimate of drug-likeness (QED) is 0.912.